The first-order valence-corrected chi connectivity index (χ1v) is 5.33. The van der Waals surface area contributed by atoms with Crippen LogP contribution < -0.4 is 5.32 Å². The molecule has 0 radical (unpaired) electrons. The highest BCUT2D eigenvalue weighted by atomic mass is 35.5. The van der Waals surface area contributed by atoms with Gasteiger partial charge in [-0.05, 0) is 37.0 Å². The summed E-state index contributed by atoms with van der Waals surface area (Å²) in [5.74, 6) is 0.929. The van der Waals surface area contributed by atoms with Crippen LogP contribution in [0.3, 0.4) is 0 Å². The van der Waals surface area contributed by atoms with Crippen molar-refractivity contribution in [1.82, 2.24) is 5.32 Å². The van der Waals surface area contributed by atoms with E-state index < -0.39 is 0 Å². The molecular weight excluding hydrogens is 182 g/mol. The molecule has 3 unspecified atom stereocenters. The molecule has 0 aromatic rings. The van der Waals surface area contributed by atoms with E-state index in [0.717, 1.165) is 5.92 Å². The average molecular weight is 204 g/mol. The third-order valence-corrected chi connectivity index (χ3v) is 3.91. The summed E-state index contributed by atoms with van der Waals surface area (Å²) in [4.78, 5) is 0. The van der Waals surface area contributed by atoms with Gasteiger partial charge in [-0.25, -0.2) is 0 Å². The lowest BCUT2D eigenvalue weighted by molar-refractivity contribution is 0.158. The van der Waals surface area contributed by atoms with E-state index in [4.69, 9.17) is 0 Å². The topological polar surface area (TPSA) is 12.0 Å². The summed E-state index contributed by atoms with van der Waals surface area (Å²) < 4.78 is 0. The molecule has 13 heavy (non-hydrogen) atoms. The Morgan fingerprint density at radius 3 is 2.69 bits per heavy atom. The summed E-state index contributed by atoms with van der Waals surface area (Å²) in [5, 5.41) is 3.75. The zero-order valence-electron chi connectivity index (χ0n) is 9.02. The molecule has 2 aliphatic rings. The van der Waals surface area contributed by atoms with Crippen LogP contribution in [-0.4, -0.2) is 12.1 Å². The molecule has 2 heteroatoms. The Bertz CT molecular complexity index is 195. The van der Waals surface area contributed by atoms with Gasteiger partial charge in [-0.3, -0.25) is 0 Å². The zero-order chi connectivity index (χ0) is 8.82. The lowest BCUT2D eigenvalue weighted by Gasteiger charge is -2.39. The van der Waals surface area contributed by atoms with Crippen molar-refractivity contribution in [3.8, 4) is 0 Å². The number of hydrogen-bond donors (Lipinski definition) is 1. The predicted molar refractivity (Wildman–Crippen MR) is 59.4 cm³/mol. The quantitative estimate of drug-likeness (QED) is 0.691. The maximum absolute atomic E-state index is 3.75. The molecule has 0 spiro atoms. The third kappa shape index (κ3) is 1.87. The average Bonchev–Trinajstić information content (AvgIpc) is 2.23. The smallest absolute Gasteiger partial charge is 0.0187 e. The monoisotopic (exact) mass is 203 g/mol. The molecule has 0 aromatic heterocycles. The van der Waals surface area contributed by atoms with Crippen molar-refractivity contribution in [2.24, 2.45) is 11.3 Å². The maximum Gasteiger partial charge on any atom is 0.0187 e. The largest absolute Gasteiger partial charge is 0.311 e. The first-order chi connectivity index (χ1) is 5.58. The van der Waals surface area contributed by atoms with E-state index in [-0.39, 0.29) is 12.4 Å². The van der Waals surface area contributed by atoms with Crippen LogP contribution in [-0.2, 0) is 0 Å². The van der Waals surface area contributed by atoms with Crippen LogP contribution in [0.4, 0.5) is 0 Å². The van der Waals surface area contributed by atoms with Gasteiger partial charge in [-0.1, -0.05) is 20.8 Å². The van der Waals surface area contributed by atoms with Gasteiger partial charge in [0, 0.05) is 12.1 Å². The van der Waals surface area contributed by atoms with Crippen molar-refractivity contribution >= 4 is 12.4 Å². The number of fused-ring (bicyclic) bond motifs is 2. The van der Waals surface area contributed by atoms with Gasteiger partial charge < -0.3 is 5.32 Å². The zero-order valence-corrected chi connectivity index (χ0v) is 9.84. The second-order valence-electron chi connectivity index (χ2n) is 5.49. The fraction of sp³-hybridized carbons (Fsp3) is 1.00. The first-order valence-electron chi connectivity index (χ1n) is 5.33. The minimum absolute atomic E-state index is 0. The van der Waals surface area contributed by atoms with Crippen LogP contribution in [0, 0.1) is 11.3 Å². The van der Waals surface area contributed by atoms with Crippen molar-refractivity contribution in [2.45, 2.75) is 52.0 Å². The Morgan fingerprint density at radius 2 is 2.08 bits per heavy atom. The van der Waals surface area contributed by atoms with Gasteiger partial charge >= 0.3 is 0 Å². The highest BCUT2D eigenvalue weighted by molar-refractivity contribution is 5.85. The van der Waals surface area contributed by atoms with Crippen LogP contribution in [0.5, 0.6) is 0 Å². The van der Waals surface area contributed by atoms with E-state index in [2.05, 4.69) is 26.1 Å². The summed E-state index contributed by atoms with van der Waals surface area (Å²) in [6, 6.07) is 0. The minimum Gasteiger partial charge on any atom is -0.311 e. The van der Waals surface area contributed by atoms with E-state index in [1.807, 2.05) is 0 Å². The fourth-order valence-corrected chi connectivity index (χ4v) is 3.61. The summed E-state index contributed by atoms with van der Waals surface area (Å²) in [5.41, 5.74) is 1.14. The van der Waals surface area contributed by atoms with Crippen molar-refractivity contribution in [2.75, 3.05) is 6.54 Å². The second-order valence-corrected chi connectivity index (χ2v) is 5.49. The van der Waals surface area contributed by atoms with Crippen molar-refractivity contribution in [1.29, 1.82) is 0 Å². The van der Waals surface area contributed by atoms with E-state index >= 15 is 0 Å². The molecule has 2 bridgehead atoms. The molecule has 1 nitrogen and oxygen atoms in total. The summed E-state index contributed by atoms with van der Waals surface area (Å²) in [6.07, 6.45) is 5.56. The predicted octanol–water partition coefficient (Wildman–Crippen LogP) is 2.99. The normalized spacial score (nSPS) is 48.7. The van der Waals surface area contributed by atoms with Gasteiger partial charge in [-0.15, -0.1) is 12.4 Å². The van der Waals surface area contributed by atoms with Gasteiger partial charge in [0.1, 0.15) is 0 Å². The summed E-state index contributed by atoms with van der Waals surface area (Å²) in [7, 11) is 0. The highest BCUT2D eigenvalue weighted by Crippen LogP contribution is 2.49. The van der Waals surface area contributed by atoms with E-state index in [0.29, 0.717) is 11.0 Å². The standard InChI is InChI=1S/C11H21N.ClH/c1-4-11-6-9(2)5-10(3,7-11)8-12-11;/h9,12H,4-8H2,1-3H3;1H. The highest BCUT2D eigenvalue weighted by Gasteiger charge is 2.49. The maximum atomic E-state index is 3.75. The van der Waals surface area contributed by atoms with Crippen LogP contribution in [0.1, 0.15) is 46.5 Å². The molecule has 0 amide bonds. The molecule has 1 saturated carbocycles. The van der Waals surface area contributed by atoms with Gasteiger partial charge in [0.15, 0.2) is 0 Å². The van der Waals surface area contributed by atoms with E-state index in [1.165, 1.54) is 32.2 Å². The molecule has 2 fully saturated rings. The molecule has 2 rings (SSSR count). The molecule has 1 heterocycles. The first kappa shape index (κ1) is 11.3. The molecule has 0 aromatic carbocycles. The Kier molecular flexibility index (Phi) is 2.99. The Labute approximate surface area is 88.1 Å². The Morgan fingerprint density at radius 1 is 1.38 bits per heavy atom. The van der Waals surface area contributed by atoms with Crippen molar-refractivity contribution < 1.29 is 0 Å². The Hall–Kier alpha value is 0.250. The summed E-state index contributed by atoms with van der Waals surface area (Å²) in [6.45, 7) is 8.45. The van der Waals surface area contributed by atoms with Gasteiger partial charge in [-0.2, -0.15) is 0 Å². The molecule has 1 N–H and O–H groups in total. The number of hydrogen-bond acceptors (Lipinski definition) is 1. The van der Waals surface area contributed by atoms with Crippen LogP contribution in [0.2, 0.25) is 0 Å². The van der Waals surface area contributed by atoms with E-state index in [9.17, 15) is 0 Å². The minimum atomic E-state index is 0. The second kappa shape index (κ2) is 3.43. The summed E-state index contributed by atoms with van der Waals surface area (Å²) >= 11 is 0. The molecular formula is C11H22ClN. The molecule has 1 saturated heterocycles. The molecule has 78 valence electrons. The number of nitrogens with one attached hydrogen (secondary N) is 1. The SMILES string of the molecule is CCC12CC(C)CC(C)(CN1)C2.Cl. The lowest BCUT2D eigenvalue weighted by atomic mass is 9.66. The van der Waals surface area contributed by atoms with Crippen LogP contribution >= 0.6 is 12.4 Å². The van der Waals surface area contributed by atoms with Gasteiger partial charge in [0.05, 0.1) is 0 Å². The van der Waals surface area contributed by atoms with E-state index in [1.54, 1.807) is 0 Å². The third-order valence-electron chi connectivity index (χ3n) is 3.91. The number of halogens is 1. The molecule has 3 atom stereocenters. The van der Waals surface area contributed by atoms with Crippen LogP contribution in [0.25, 0.3) is 0 Å². The van der Waals surface area contributed by atoms with Crippen molar-refractivity contribution in [3.63, 3.8) is 0 Å². The lowest BCUT2D eigenvalue weighted by Crippen LogP contribution is -2.41. The fourth-order valence-electron chi connectivity index (χ4n) is 3.61. The number of rotatable bonds is 1. The van der Waals surface area contributed by atoms with Gasteiger partial charge in [0.25, 0.3) is 0 Å². The van der Waals surface area contributed by atoms with Crippen molar-refractivity contribution in [3.05, 3.63) is 0 Å². The van der Waals surface area contributed by atoms with Gasteiger partial charge in [0.2, 0.25) is 0 Å². The van der Waals surface area contributed by atoms with Crippen LogP contribution in [0.15, 0.2) is 0 Å². The molecule has 1 aliphatic heterocycles. The Balaban J connectivity index is 0.000000845. The molecule has 1 aliphatic carbocycles.